The highest BCUT2D eigenvalue weighted by Gasteiger charge is 2.25. The number of sulfonamides is 1. The van der Waals surface area contributed by atoms with Crippen molar-refractivity contribution in [3.05, 3.63) is 53.6 Å². The van der Waals surface area contributed by atoms with Crippen LogP contribution in [0.2, 0.25) is 0 Å². The van der Waals surface area contributed by atoms with Gasteiger partial charge in [-0.15, -0.1) is 0 Å². The quantitative estimate of drug-likeness (QED) is 0.450. The fraction of sp³-hybridized carbons (Fsp3) is 0.364. The predicted octanol–water partition coefficient (Wildman–Crippen LogP) is 3.81. The molecule has 0 atom stereocenters. The summed E-state index contributed by atoms with van der Waals surface area (Å²) in [4.78, 5) is 21.0. The van der Waals surface area contributed by atoms with Crippen LogP contribution in [-0.4, -0.2) is 68.8 Å². The fourth-order valence-electron chi connectivity index (χ4n) is 3.28. The number of anilines is 1. The van der Waals surface area contributed by atoms with Gasteiger partial charge in [-0.3, -0.25) is 9.69 Å². The number of hydrogen-bond donors (Lipinski definition) is 0. The van der Waals surface area contributed by atoms with E-state index in [1.165, 1.54) is 39.5 Å². The van der Waals surface area contributed by atoms with E-state index >= 15 is 0 Å². The summed E-state index contributed by atoms with van der Waals surface area (Å²) in [7, 11) is 0.0508. The monoisotopic (exact) mass is 496 g/mol. The number of likely N-dealkylation sites (N-methyl/N-ethyl adjacent to an activating group) is 1. The van der Waals surface area contributed by atoms with E-state index in [0.717, 1.165) is 17.4 Å². The summed E-state index contributed by atoms with van der Waals surface area (Å²) in [5.74, 6) is -1.92. The maximum absolute atomic E-state index is 14.2. The van der Waals surface area contributed by atoms with Crippen LogP contribution in [0, 0.1) is 11.6 Å². The van der Waals surface area contributed by atoms with Crippen molar-refractivity contribution in [3.8, 4) is 0 Å². The van der Waals surface area contributed by atoms with Crippen LogP contribution < -0.4 is 4.90 Å². The second-order valence-corrected chi connectivity index (χ2v) is 10.6. The molecule has 3 aromatic rings. The van der Waals surface area contributed by atoms with Gasteiger partial charge in [0.05, 0.1) is 9.60 Å². The minimum atomic E-state index is -3.65. The second-order valence-electron chi connectivity index (χ2n) is 7.60. The van der Waals surface area contributed by atoms with Gasteiger partial charge in [-0.25, -0.2) is 22.2 Å². The average molecular weight is 497 g/mol. The zero-order valence-corrected chi connectivity index (χ0v) is 20.5. The molecule has 1 aromatic heterocycles. The van der Waals surface area contributed by atoms with E-state index in [1.807, 2.05) is 19.0 Å². The van der Waals surface area contributed by atoms with Gasteiger partial charge in [0.1, 0.15) is 11.3 Å². The van der Waals surface area contributed by atoms with Gasteiger partial charge in [0.15, 0.2) is 10.9 Å². The molecule has 0 fully saturated rings. The average Bonchev–Trinajstić information content (AvgIpc) is 3.18. The SMILES string of the molecule is CCN(CC)S(=O)(=O)c1ccc(C(=O)N(CCN(C)C)c2nc3c(F)cc(F)cc3s2)cc1. The second kappa shape index (κ2) is 10.2. The Bertz CT molecular complexity index is 1240. The Morgan fingerprint density at radius 3 is 2.24 bits per heavy atom. The molecular weight excluding hydrogens is 470 g/mol. The smallest absolute Gasteiger partial charge is 0.260 e. The van der Waals surface area contributed by atoms with Gasteiger partial charge in [0.2, 0.25) is 10.0 Å². The van der Waals surface area contributed by atoms with Crippen molar-refractivity contribution in [1.29, 1.82) is 0 Å². The first kappa shape index (κ1) is 25.2. The summed E-state index contributed by atoms with van der Waals surface area (Å²) in [6.45, 7) is 4.96. The summed E-state index contributed by atoms with van der Waals surface area (Å²) in [5.41, 5.74) is 0.262. The Morgan fingerprint density at radius 2 is 1.67 bits per heavy atom. The largest absolute Gasteiger partial charge is 0.308 e. The Labute approximate surface area is 196 Å². The molecule has 0 aliphatic rings. The predicted molar refractivity (Wildman–Crippen MR) is 126 cm³/mol. The summed E-state index contributed by atoms with van der Waals surface area (Å²) >= 11 is 1.02. The van der Waals surface area contributed by atoms with Crippen molar-refractivity contribution < 1.29 is 22.0 Å². The normalized spacial score (nSPS) is 12.1. The van der Waals surface area contributed by atoms with Crippen molar-refractivity contribution in [2.45, 2.75) is 18.7 Å². The summed E-state index contributed by atoms with van der Waals surface area (Å²) < 4.78 is 54.9. The lowest BCUT2D eigenvalue weighted by molar-refractivity contribution is 0.0985. The standard InChI is InChI=1S/C22H26F2N4O3S2/c1-5-27(6-2)33(30,31)17-9-7-15(8-10-17)21(29)28(12-11-26(3)4)22-25-20-18(24)13-16(23)14-19(20)32-22/h7-10,13-14H,5-6,11-12H2,1-4H3. The number of thiazole rings is 1. The van der Waals surface area contributed by atoms with Gasteiger partial charge in [-0.2, -0.15) is 4.31 Å². The first-order valence-corrected chi connectivity index (χ1v) is 12.7. The number of halogens is 2. The van der Waals surface area contributed by atoms with Crippen LogP contribution in [0.5, 0.6) is 0 Å². The Kier molecular flexibility index (Phi) is 7.78. The number of amides is 1. The van der Waals surface area contributed by atoms with Gasteiger partial charge in [0, 0.05) is 37.8 Å². The number of rotatable bonds is 9. The van der Waals surface area contributed by atoms with E-state index in [-0.39, 0.29) is 27.7 Å². The van der Waals surface area contributed by atoms with Gasteiger partial charge in [-0.05, 0) is 44.4 Å². The third-order valence-electron chi connectivity index (χ3n) is 5.09. The Morgan fingerprint density at radius 1 is 1.03 bits per heavy atom. The maximum Gasteiger partial charge on any atom is 0.260 e. The van der Waals surface area contributed by atoms with E-state index in [2.05, 4.69) is 4.98 Å². The molecule has 0 bridgehead atoms. The number of aromatic nitrogens is 1. The Hall–Kier alpha value is -2.47. The van der Waals surface area contributed by atoms with Crippen LogP contribution in [-0.2, 0) is 10.0 Å². The van der Waals surface area contributed by atoms with Crippen LogP contribution in [0.4, 0.5) is 13.9 Å². The Balaban J connectivity index is 1.97. The number of hydrogen-bond acceptors (Lipinski definition) is 6. The highest BCUT2D eigenvalue weighted by Crippen LogP contribution is 2.32. The molecule has 0 saturated carbocycles. The molecule has 0 aliphatic carbocycles. The molecule has 0 spiro atoms. The lowest BCUT2D eigenvalue weighted by Crippen LogP contribution is -2.36. The van der Waals surface area contributed by atoms with Gasteiger partial charge in [0.25, 0.3) is 5.91 Å². The van der Waals surface area contributed by atoms with Crippen LogP contribution in [0.3, 0.4) is 0 Å². The number of carbonyl (C=O) groups excluding carboxylic acids is 1. The lowest BCUT2D eigenvalue weighted by atomic mass is 10.2. The van der Waals surface area contributed by atoms with Crippen molar-refractivity contribution in [3.63, 3.8) is 0 Å². The molecule has 0 saturated heterocycles. The molecule has 11 heteroatoms. The summed E-state index contributed by atoms with van der Waals surface area (Å²) in [6, 6.07) is 7.65. The van der Waals surface area contributed by atoms with Gasteiger partial charge >= 0.3 is 0 Å². The molecule has 0 radical (unpaired) electrons. The van der Waals surface area contributed by atoms with Crippen LogP contribution in [0.15, 0.2) is 41.3 Å². The third kappa shape index (κ3) is 5.37. The number of fused-ring (bicyclic) bond motifs is 1. The highest BCUT2D eigenvalue weighted by molar-refractivity contribution is 7.89. The van der Waals surface area contributed by atoms with Crippen molar-refractivity contribution >= 4 is 42.6 Å². The zero-order valence-electron chi connectivity index (χ0n) is 18.9. The van der Waals surface area contributed by atoms with E-state index in [9.17, 15) is 22.0 Å². The molecule has 33 heavy (non-hydrogen) atoms. The number of benzene rings is 2. The van der Waals surface area contributed by atoms with Crippen molar-refractivity contribution in [1.82, 2.24) is 14.2 Å². The first-order chi connectivity index (χ1) is 15.6. The minimum absolute atomic E-state index is 0.000262. The lowest BCUT2D eigenvalue weighted by Gasteiger charge is -2.22. The first-order valence-electron chi connectivity index (χ1n) is 10.4. The molecule has 0 N–H and O–H groups in total. The topological polar surface area (TPSA) is 73.8 Å². The fourth-order valence-corrected chi connectivity index (χ4v) is 5.77. The molecule has 1 amide bonds. The molecule has 3 rings (SSSR count). The molecule has 7 nitrogen and oxygen atoms in total. The van der Waals surface area contributed by atoms with Gasteiger partial charge in [-0.1, -0.05) is 25.2 Å². The van der Waals surface area contributed by atoms with E-state index in [0.29, 0.717) is 24.3 Å². The minimum Gasteiger partial charge on any atom is -0.308 e. The molecule has 0 unspecified atom stereocenters. The van der Waals surface area contributed by atoms with E-state index in [1.54, 1.807) is 13.8 Å². The van der Waals surface area contributed by atoms with Crippen molar-refractivity contribution in [2.75, 3.05) is 45.2 Å². The molecule has 2 aromatic carbocycles. The molecule has 178 valence electrons. The van der Waals surface area contributed by atoms with E-state index < -0.39 is 27.6 Å². The zero-order chi connectivity index (χ0) is 24.3. The number of carbonyl (C=O) groups is 1. The number of nitrogens with zero attached hydrogens (tertiary/aromatic N) is 4. The third-order valence-corrected chi connectivity index (χ3v) is 8.18. The van der Waals surface area contributed by atoms with Crippen LogP contribution in [0.1, 0.15) is 24.2 Å². The summed E-state index contributed by atoms with van der Waals surface area (Å²) in [5, 5.41) is 0.237. The van der Waals surface area contributed by atoms with Crippen LogP contribution in [0.25, 0.3) is 10.2 Å². The summed E-state index contributed by atoms with van der Waals surface area (Å²) in [6.07, 6.45) is 0. The van der Waals surface area contributed by atoms with E-state index in [4.69, 9.17) is 0 Å². The molecule has 0 aliphatic heterocycles. The maximum atomic E-state index is 14.2. The van der Waals surface area contributed by atoms with Gasteiger partial charge < -0.3 is 4.90 Å². The highest BCUT2D eigenvalue weighted by atomic mass is 32.2. The van der Waals surface area contributed by atoms with Crippen molar-refractivity contribution in [2.24, 2.45) is 0 Å². The van der Waals surface area contributed by atoms with Crippen LogP contribution >= 0.6 is 11.3 Å². The molecular formula is C22H26F2N4O3S2. The molecule has 1 heterocycles.